The quantitative estimate of drug-likeness (QED) is 0.429. The van der Waals surface area contributed by atoms with Crippen LogP contribution in [0.25, 0.3) is 6.08 Å². The fraction of sp³-hybridized carbons (Fsp3) is 0.250. The first-order valence-corrected chi connectivity index (χ1v) is 6.22. The van der Waals surface area contributed by atoms with Crippen LogP contribution in [-0.2, 0) is 4.74 Å². The number of hydrogen-bond donors (Lipinski definition) is 1. The molecule has 0 spiro atoms. The number of ether oxygens (including phenoxy) is 1. The van der Waals surface area contributed by atoms with Crippen LogP contribution in [0, 0.1) is 0 Å². The van der Waals surface area contributed by atoms with Crippen LogP contribution >= 0.6 is 0 Å². The molecule has 96 valence electrons. The summed E-state index contributed by atoms with van der Waals surface area (Å²) in [6.45, 7) is 7.79. The van der Waals surface area contributed by atoms with Gasteiger partial charge in [0, 0.05) is 18.8 Å². The lowest BCUT2D eigenvalue weighted by molar-refractivity contribution is 0.177. The average molecular weight is 243 g/mol. The summed E-state index contributed by atoms with van der Waals surface area (Å²) in [5.74, 6) is 0. The summed E-state index contributed by atoms with van der Waals surface area (Å²) in [6, 6.07) is 10.2. The second-order valence-electron chi connectivity index (χ2n) is 3.73. The number of allylic oxidation sites excluding steroid dienone is 1. The van der Waals surface area contributed by atoms with Crippen molar-refractivity contribution < 1.29 is 4.74 Å². The fourth-order valence-corrected chi connectivity index (χ4v) is 1.41. The van der Waals surface area contributed by atoms with Crippen LogP contribution in [0.4, 0.5) is 0 Å². The topological polar surface area (TPSA) is 21.3 Å². The van der Waals surface area contributed by atoms with Gasteiger partial charge in [-0.3, -0.25) is 0 Å². The standard InChI is InChI=1S/C16H21NO/c1-3-13-17-16(12-14-18-4-2)11-10-15-8-6-5-7-9-15/h3,5-12,17H,1,4,13-14H2,2H3/b11-10+,16-12-. The molecule has 0 aliphatic rings. The highest BCUT2D eigenvalue weighted by Crippen LogP contribution is 2.03. The SMILES string of the molecule is C=CCNC(=C\COCC)/C=C/c1ccccc1. The molecule has 2 nitrogen and oxygen atoms in total. The number of rotatable bonds is 8. The minimum absolute atomic E-state index is 0.620. The molecule has 0 bridgehead atoms. The predicted molar refractivity (Wildman–Crippen MR) is 78.3 cm³/mol. The monoisotopic (exact) mass is 243 g/mol. The summed E-state index contributed by atoms with van der Waals surface area (Å²) in [6.07, 6.45) is 8.00. The summed E-state index contributed by atoms with van der Waals surface area (Å²) in [4.78, 5) is 0. The number of nitrogens with one attached hydrogen (secondary N) is 1. The smallest absolute Gasteiger partial charge is 0.0670 e. The molecule has 0 aliphatic carbocycles. The maximum Gasteiger partial charge on any atom is 0.0670 e. The van der Waals surface area contributed by atoms with E-state index in [4.69, 9.17) is 4.74 Å². The molecule has 1 rings (SSSR count). The van der Waals surface area contributed by atoms with Gasteiger partial charge in [-0.05, 0) is 24.6 Å². The third-order valence-corrected chi connectivity index (χ3v) is 2.33. The predicted octanol–water partition coefficient (Wildman–Crippen LogP) is 3.40. The van der Waals surface area contributed by atoms with E-state index in [9.17, 15) is 0 Å². The van der Waals surface area contributed by atoms with Crippen LogP contribution < -0.4 is 5.32 Å². The van der Waals surface area contributed by atoms with E-state index in [0.29, 0.717) is 6.61 Å². The van der Waals surface area contributed by atoms with Crippen molar-refractivity contribution in [1.82, 2.24) is 5.32 Å². The van der Waals surface area contributed by atoms with E-state index < -0.39 is 0 Å². The third-order valence-electron chi connectivity index (χ3n) is 2.33. The Balaban J connectivity index is 2.62. The van der Waals surface area contributed by atoms with Gasteiger partial charge in [0.05, 0.1) is 6.61 Å². The summed E-state index contributed by atoms with van der Waals surface area (Å²) >= 11 is 0. The molecule has 0 atom stereocenters. The zero-order chi connectivity index (χ0) is 13.1. The molecule has 18 heavy (non-hydrogen) atoms. The van der Waals surface area contributed by atoms with Gasteiger partial charge in [0.15, 0.2) is 0 Å². The maximum absolute atomic E-state index is 5.32. The summed E-state index contributed by atoms with van der Waals surface area (Å²) in [7, 11) is 0. The second kappa shape index (κ2) is 9.25. The average Bonchev–Trinajstić information content (AvgIpc) is 2.42. The van der Waals surface area contributed by atoms with Gasteiger partial charge >= 0.3 is 0 Å². The third kappa shape index (κ3) is 6.06. The Bertz CT molecular complexity index is 393. The molecule has 0 aliphatic heterocycles. The molecule has 0 saturated heterocycles. The first kappa shape index (κ1) is 14.3. The number of benzene rings is 1. The molecule has 0 radical (unpaired) electrons. The van der Waals surface area contributed by atoms with E-state index in [0.717, 1.165) is 18.8 Å². The van der Waals surface area contributed by atoms with Gasteiger partial charge < -0.3 is 10.1 Å². The Hall–Kier alpha value is -1.80. The van der Waals surface area contributed by atoms with Crippen molar-refractivity contribution in [2.45, 2.75) is 6.92 Å². The molecule has 2 heteroatoms. The Morgan fingerprint density at radius 1 is 1.33 bits per heavy atom. The minimum atomic E-state index is 0.620. The molecular weight excluding hydrogens is 222 g/mol. The van der Waals surface area contributed by atoms with Gasteiger partial charge in [-0.2, -0.15) is 0 Å². The van der Waals surface area contributed by atoms with E-state index >= 15 is 0 Å². The molecule has 1 N–H and O–H groups in total. The van der Waals surface area contributed by atoms with Gasteiger partial charge in [-0.15, -0.1) is 6.58 Å². The van der Waals surface area contributed by atoms with Crippen molar-refractivity contribution in [3.63, 3.8) is 0 Å². The first-order chi connectivity index (χ1) is 8.86. The Morgan fingerprint density at radius 3 is 2.78 bits per heavy atom. The lowest BCUT2D eigenvalue weighted by Gasteiger charge is -2.05. The van der Waals surface area contributed by atoms with Crippen molar-refractivity contribution in [1.29, 1.82) is 0 Å². The van der Waals surface area contributed by atoms with Crippen LogP contribution in [0.5, 0.6) is 0 Å². The Kier molecular flexibility index (Phi) is 7.33. The first-order valence-electron chi connectivity index (χ1n) is 6.22. The van der Waals surface area contributed by atoms with Gasteiger partial charge in [0.25, 0.3) is 0 Å². The highest BCUT2D eigenvalue weighted by atomic mass is 16.5. The summed E-state index contributed by atoms with van der Waals surface area (Å²) in [5.41, 5.74) is 2.23. The largest absolute Gasteiger partial charge is 0.382 e. The molecule has 0 heterocycles. The lowest BCUT2D eigenvalue weighted by atomic mass is 10.2. The fourth-order valence-electron chi connectivity index (χ4n) is 1.41. The zero-order valence-electron chi connectivity index (χ0n) is 10.9. The van der Waals surface area contributed by atoms with Crippen molar-refractivity contribution in [3.05, 3.63) is 66.4 Å². The van der Waals surface area contributed by atoms with E-state index in [2.05, 4.69) is 36.2 Å². The van der Waals surface area contributed by atoms with Gasteiger partial charge in [0.1, 0.15) is 0 Å². The van der Waals surface area contributed by atoms with Crippen molar-refractivity contribution in [2.24, 2.45) is 0 Å². The Morgan fingerprint density at radius 2 is 2.11 bits per heavy atom. The molecule has 0 saturated carbocycles. The van der Waals surface area contributed by atoms with Crippen molar-refractivity contribution in [3.8, 4) is 0 Å². The molecule has 0 aromatic heterocycles. The van der Waals surface area contributed by atoms with Crippen LogP contribution in [0.1, 0.15) is 12.5 Å². The summed E-state index contributed by atoms with van der Waals surface area (Å²) in [5, 5.41) is 3.27. The number of hydrogen-bond acceptors (Lipinski definition) is 2. The molecule has 1 aromatic carbocycles. The van der Waals surface area contributed by atoms with E-state index in [-0.39, 0.29) is 0 Å². The highest BCUT2D eigenvalue weighted by molar-refractivity contribution is 5.52. The summed E-state index contributed by atoms with van der Waals surface area (Å²) < 4.78 is 5.32. The van der Waals surface area contributed by atoms with E-state index in [1.165, 1.54) is 5.56 Å². The highest BCUT2D eigenvalue weighted by Gasteiger charge is 1.90. The normalized spacial score (nSPS) is 11.7. The van der Waals surface area contributed by atoms with Crippen molar-refractivity contribution in [2.75, 3.05) is 19.8 Å². The van der Waals surface area contributed by atoms with Crippen LogP contribution in [0.2, 0.25) is 0 Å². The van der Waals surface area contributed by atoms with Gasteiger partial charge in [-0.1, -0.05) is 42.5 Å². The van der Waals surface area contributed by atoms with Gasteiger partial charge in [0.2, 0.25) is 0 Å². The van der Waals surface area contributed by atoms with E-state index in [1.807, 2.05) is 37.3 Å². The molecule has 0 amide bonds. The maximum atomic E-state index is 5.32. The minimum Gasteiger partial charge on any atom is -0.382 e. The Labute approximate surface area is 110 Å². The van der Waals surface area contributed by atoms with Crippen LogP contribution in [0.3, 0.4) is 0 Å². The lowest BCUT2D eigenvalue weighted by Crippen LogP contribution is -2.12. The molecule has 1 aromatic rings. The second-order valence-corrected chi connectivity index (χ2v) is 3.73. The van der Waals surface area contributed by atoms with Crippen molar-refractivity contribution >= 4 is 6.08 Å². The van der Waals surface area contributed by atoms with Crippen LogP contribution in [-0.4, -0.2) is 19.8 Å². The van der Waals surface area contributed by atoms with Gasteiger partial charge in [-0.25, -0.2) is 0 Å². The molecule has 0 unspecified atom stereocenters. The van der Waals surface area contributed by atoms with Crippen LogP contribution in [0.15, 0.2) is 60.8 Å². The van der Waals surface area contributed by atoms with E-state index in [1.54, 1.807) is 0 Å². The zero-order valence-corrected chi connectivity index (χ0v) is 10.9. The molecular formula is C16H21NO. The molecule has 0 fully saturated rings.